The summed E-state index contributed by atoms with van der Waals surface area (Å²) in [6.07, 6.45) is 3.51. The van der Waals surface area contributed by atoms with Crippen LogP contribution in [0.25, 0.3) is 0 Å². The standard InChI is InChI=1S/C13H17NS/c1-10-4-9-13(15-10)11-5-7-12(8-6-11)14(2)3/h4-8,13H,9H2,1-3H3. The van der Waals surface area contributed by atoms with Crippen LogP contribution in [-0.4, -0.2) is 14.1 Å². The van der Waals surface area contributed by atoms with E-state index in [9.17, 15) is 0 Å². The van der Waals surface area contributed by atoms with Gasteiger partial charge in [0.05, 0.1) is 0 Å². The zero-order valence-corrected chi connectivity index (χ0v) is 10.3. The Hall–Kier alpha value is -0.890. The highest BCUT2D eigenvalue weighted by molar-refractivity contribution is 8.03. The van der Waals surface area contributed by atoms with E-state index < -0.39 is 0 Å². The van der Waals surface area contributed by atoms with Crippen molar-refractivity contribution in [3.05, 3.63) is 40.8 Å². The van der Waals surface area contributed by atoms with Crippen molar-refractivity contribution in [3.8, 4) is 0 Å². The fourth-order valence-corrected chi connectivity index (χ4v) is 2.91. The minimum Gasteiger partial charge on any atom is -0.378 e. The zero-order chi connectivity index (χ0) is 10.8. The normalized spacial score (nSPS) is 20.2. The van der Waals surface area contributed by atoms with Crippen LogP contribution in [-0.2, 0) is 0 Å². The molecule has 0 spiro atoms. The molecule has 1 unspecified atom stereocenters. The summed E-state index contributed by atoms with van der Waals surface area (Å²) in [7, 11) is 4.15. The molecule has 0 aromatic heterocycles. The van der Waals surface area contributed by atoms with Gasteiger partial charge < -0.3 is 4.90 Å². The summed E-state index contributed by atoms with van der Waals surface area (Å²) in [5.41, 5.74) is 2.71. The van der Waals surface area contributed by atoms with Gasteiger partial charge in [-0.1, -0.05) is 18.2 Å². The Balaban J connectivity index is 2.11. The Bertz CT molecular complexity index is 365. The van der Waals surface area contributed by atoms with Gasteiger partial charge in [0.2, 0.25) is 0 Å². The van der Waals surface area contributed by atoms with Crippen molar-refractivity contribution in [3.63, 3.8) is 0 Å². The van der Waals surface area contributed by atoms with E-state index in [4.69, 9.17) is 0 Å². The number of allylic oxidation sites excluding steroid dienone is 2. The lowest BCUT2D eigenvalue weighted by Crippen LogP contribution is -2.08. The molecule has 80 valence electrons. The second-order valence-electron chi connectivity index (χ2n) is 4.14. The van der Waals surface area contributed by atoms with Gasteiger partial charge >= 0.3 is 0 Å². The Kier molecular flexibility index (Phi) is 3.06. The molecule has 1 nitrogen and oxygen atoms in total. The molecular weight excluding hydrogens is 202 g/mol. The first-order valence-corrected chi connectivity index (χ1v) is 6.15. The monoisotopic (exact) mass is 219 g/mol. The second kappa shape index (κ2) is 4.31. The van der Waals surface area contributed by atoms with E-state index in [0.29, 0.717) is 5.25 Å². The Morgan fingerprint density at radius 3 is 2.33 bits per heavy atom. The first-order chi connectivity index (χ1) is 7.16. The van der Waals surface area contributed by atoms with E-state index in [-0.39, 0.29) is 0 Å². The molecule has 1 atom stereocenters. The largest absolute Gasteiger partial charge is 0.378 e. The molecule has 1 aromatic carbocycles. The average Bonchev–Trinajstić information content (AvgIpc) is 2.65. The van der Waals surface area contributed by atoms with Crippen LogP contribution < -0.4 is 4.90 Å². The van der Waals surface area contributed by atoms with Gasteiger partial charge in [0.15, 0.2) is 0 Å². The van der Waals surface area contributed by atoms with E-state index in [0.717, 1.165) is 0 Å². The lowest BCUT2D eigenvalue weighted by atomic mass is 10.1. The smallest absolute Gasteiger partial charge is 0.0375 e. The molecule has 1 aliphatic heterocycles. The first-order valence-electron chi connectivity index (χ1n) is 5.27. The van der Waals surface area contributed by atoms with Crippen molar-refractivity contribution in [1.82, 2.24) is 0 Å². The maximum Gasteiger partial charge on any atom is 0.0375 e. The summed E-state index contributed by atoms with van der Waals surface area (Å²) in [5, 5.41) is 0.640. The minimum absolute atomic E-state index is 0.640. The van der Waals surface area contributed by atoms with Crippen LogP contribution in [0.4, 0.5) is 5.69 Å². The topological polar surface area (TPSA) is 3.24 Å². The molecule has 0 fully saturated rings. The van der Waals surface area contributed by atoms with Gasteiger partial charge in [-0.15, -0.1) is 11.8 Å². The predicted octanol–water partition coefficient (Wildman–Crippen LogP) is 3.83. The van der Waals surface area contributed by atoms with E-state index in [1.165, 1.54) is 22.6 Å². The van der Waals surface area contributed by atoms with Gasteiger partial charge in [0.25, 0.3) is 0 Å². The van der Waals surface area contributed by atoms with Crippen molar-refractivity contribution in [2.75, 3.05) is 19.0 Å². The van der Waals surface area contributed by atoms with Gasteiger partial charge in [-0.2, -0.15) is 0 Å². The zero-order valence-electron chi connectivity index (χ0n) is 9.53. The molecule has 1 aliphatic rings. The van der Waals surface area contributed by atoms with Crippen LogP contribution in [0.3, 0.4) is 0 Å². The summed E-state index contributed by atoms with van der Waals surface area (Å²) >= 11 is 1.98. The van der Waals surface area contributed by atoms with Crippen molar-refractivity contribution < 1.29 is 0 Å². The molecule has 0 saturated carbocycles. The third-order valence-corrected chi connectivity index (χ3v) is 4.02. The summed E-state index contributed by atoms with van der Waals surface area (Å²) in [6, 6.07) is 8.89. The van der Waals surface area contributed by atoms with Gasteiger partial charge in [-0.05, 0) is 35.9 Å². The summed E-state index contributed by atoms with van der Waals surface area (Å²) in [4.78, 5) is 3.59. The highest BCUT2D eigenvalue weighted by atomic mass is 32.2. The van der Waals surface area contributed by atoms with E-state index >= 15 is 0 Å². The first kappa shape index (κ1) is 10.6. The molecule has 0 N–H and O–H groups in total. The van der Waals surface area contributed by atoms with Gasteiger partial charge in [0.1, 0.15) is 0 Å². The van der Waals surface area contributed by atoms with Gasteiger partial charge in [0, 0.05) is 25.0 Å². The SMILES string of the molecule is CC1=CCC(c2ccc(N(C)C)cc2)S1. The van der Waals surface area contributed by atoms with Crippen LogP contribution in [0.1, 0.15) is 24.2 Å². The summed E-state index contributed by atoms with van der Waals surface area (Å²) in [5.74, 6) is 0. The number of hydrogen-bond acceptors (Lipinski definition) is 2. The Morgan fingerprint density at radius 2 is 1.87 bits per heavy atom. The van der Waals surface area contributed by atoms with Crippen LogP contribution in [0.2, 0.25) is 0 Å². The van der Waals surface area contributed by atoms with Crippen molar-refractivity contribution in [2.45, 2.75) is 18.6 Å². The Labute approximate surface area is 96.2 Å². The molecule has 2 rings (SSSR count). The molecule has 0 bridgehead atoms. The number of nitrogens with zero attached hydrogens (tertiary/aromatic N) is 1. The summed E-state index contributed by atoms with van der Waals surface area (Å²) < 4.78 is 0. The fraction of sp³-hybridized carbons (Fsp3) is 0.385. The molecule has 0 aliphatic carbocycles. The van der Waals surface area contributed by atoms with Crippen LogP contribution in [0.15, 0.2) is 35.2 Å². The molecule has 0 amide bonds. The lowest BCUT2D eigenvalue weighted by Gasteiger charge is -2.15. The molecule has 2 heteroatoms. The van der Waals surface area contributed by atoms with Gasteiger partial charge in [-0.3, -0.25) is 0 Å². The predicted molar refractivity (Wildman–Crippen MR) is 69.5 cm³/mol. The summed E-state index contributed by atoms with van der Waals surface area (Å²) in [6.45, 7) is 2.19. The van der Waals surface area contributed by atoms with Crippen molar-refractivity contribution in [2.24, 2.45) is 0 Å². The second-order valence-corrected chi connectivity index (χ2v) is 5.59. The number of anilines is 1. The van der Waals surface area contributed by atoms with Gasteiger partial charge in [-0.25, -0.2) is 0 Å². The number of benzene rings is 1. The van der Waals surface area contributed by atoms with Crippen LogP contribution in [0.5, 0.6) is 0 Å². The highest BCUT2D eigenvalue weighted by Gasteiger charge is 2.16. The fourth-order valence-electron chi connectivity index (χ4n) is 1.78. The third-order valence-electron chi connectivity index (χ3n) is 2.73. The van der Waals surface area contributed by atoms with E-state index in [1.807, 2.05) is 11.8 Å². The minimum atomic E-state index is 0.640. The lowest BCUT2D eigenvalue weighted by molar-refractivity contribution is 0.987. The van der Waals surface area contributed by atoms with E-state index in [1.54, 1.807) is 0 Å². The molecule has 15 heavy (non-hydrogen) atoms. The van der Waals surface area contributed by atoms with Crippen molar-refractivity contribution in [1.29, 1.82) is 0 Å². The molecule has 1 aromatic rings. The maximum atomic E-state index is 2.33. The molecule has 1 heterocycles. The maximum absolute atomic E-state index is 2.33. The Morgan fingerprint density at radius 1 is 1.20 bits per heavy atom. The highest BCUT2D eigenvalue weighted by Crippen LogP contribution is 2.43. The number of thioether (sulfide) groups is 1. The average molecular weight is 219 g/mol. The number of rotatable bonds is 2. The van der Waals surface area contributed by atoms with Crippen molar-refractivity contribution >= 4 is 17.4 Å². The third kappa shape index (κ3) is 2.37. The molecule has 0 saturated heterocycles. The van der Waals surface area contributed by atoms with E-state index in [2.05, 4.69) is 56.3 Å². The molecular formula is C13H17NS. The van der Waals surface area contributed by atoms with Crippen LogP contribution in [0, 0.1) is 0 Å². The quantitative estimate of drug-likeness (QED) is 0.743. The van der Waals surface area contributed by atoms with Crippen LogP contribution >= 0.6 is 11.8 Å². The molecule has 0 radical (unpaired) electrons. The number of hydrogen-bond donors (Lipinski definition) is 0.